The maximum Gasteiger partial charge on any atom is 0.253 e. The first-order chi connectivity index (χ1) is 11.9. The SMILES string of the molecule is Cc1cc(NC(=O)C2CCN(C(=O)c3ccc(Cl)c(Cl)c3)CC2)no1. The number of piperidine rings is 1. The highest BCUT2D eigenvalue weighted by Crippen LogP contribution is 2.25. The van der Waals surface area contributed by atoms with Crippen molar-refractivity contribution in [3.05, 3.63) is 45.6 Å². The van der Waals surface area contributed by atoms with Crippen LogP contribution in [-0.4, -0.2) is 35.0 Å². The van der Waals surface area contributed by atoms with Gasteiger partial charge in [0.2, 0.25) is 5.91 Å². The van der Waals surface area contributed by atoms with Crippen LogP contribution < -0.4 is 5.32 Å². The summed E-state index contributed by atoms with van der Waals surface area (Å²) in [6, 6.07) is 6.50. The van der Waals surface area contributed by atoms with E-state index < -0.39 is 0 Å². The van der Waals surface area contributed by atoms with Crippen molar-refractivity contribution in [3.63, 3.8) is 0 Å². The number of benzene rings is 1. The van der Waals surface area contributed by atoms with E-state index in [1.807, 2.05) is 0 Å². The molecule has 0 spiro atoms. The van der Waals surface area contributed by atoms with Crippen LogP contribution >= 0.6 is 23.2 Å². The molecule has 2 aromatic rings. The van der Waals surface area contributed by atoms with Crippen molar-refractivity contribution in [2.75, 3.05) is 18.4 Å². The van der Waals surface area contributed by atoms with Crippen molar-refractivity contribution in [3.8, 4) is 0 Å². The second-order valence-electron chi connectivity index (χ2n) is 6.01. The number of hydrogen-bond acceptors (Lipinski definition) is 4. The Morgan fingerprint density at radius 1 is 1.20 bits per heavy atom. The maximum absolute atomic E-state index is 12.5. The van der Waals surface area contributed by atoms with Crippen LogP contribution in [0.3, 0.4) is 0 Å². The summed E-state index contributed by atoms with van der Waals surface area (Å²) in [6.45, 7) is 2.78. The number of halogens is 2. The fraction of sp³-hybridized carbons (Fsp3) is 0.353. The molecule has 6 nitrogen and oxygen atoms in total. The molecular formula is C17H17Cl2N3O3. The Balaban J connectivity index is 1.56. The molecule has 1 aliphatic heterocycles. The van der Waals surface area contributed by atoms with Gasteiger partial charge in [0.1, 0.15) is 5.76 Å². The average molecular weight is 382 g/mol. The van der Waals surface area contributed by atoms with Gasteiger partial charge in [0.05, 0.1) is 10.0 Å². The minimum absolute atomic E-state index is 0.102. The Hall–Kier alpha value is -2.05. The third-order valence-corrected chi connectivity index (χ3v) is 4.94. The van der Waals surface area contributed by atoms with Gasteiger partial charge in [-0.3, -0.25) is 9.59 Å². The molecule has 0 bridgehead atoms. The van der Waals surface area contributed by atoms with E-state index in [0.717, 1.165) is 0 Å². The number of nitrogens with zero attached hydrogens (tertiary/aromatic N) is 2. The smallest absolute Gasteiger partial charge is 0.253 e. The van der Waals surface area contributed by atoms with Gasteiger partial charge in [-0.1, -0.05) is 28.4 Å². The Morgan fingerprint density at radius 2 is 1.92 bits per heavy atom. The zero-order valence-electron chi connectivity index (χ0n) is 13.6. The first kappa shape index (κ1) is 17.8. The van der Waals surface area contributed by atoms with E-state index in [1.54, 1.807) is 36.1 Å². The van der Waals surface area contributed by atoms with Crippen LogP contribution in [0.5, 0.6) is 0 Å². The van der Waals surface area contributed by atoms with Gasteiger partial charge < -0.3 is 14.7 Å². The topological polar surface area (TPSA) is 75.4 Å². The molecule has 2 heterocycles. The summed E-state index contributed by atoms with van der Waals surface area (Å²) < 4.78 is 4.93. The third kappa shape index (κ3) is 4.14. The number of amides is 2. The summed E-state index contributed by atoms with van der Waals surface area (Å²) in [5.41, 5.74) is 0.496. The molecule has 0 saturated carbocycles. The molecule has 0 unspecified atom stereocenters. The Morgan fingerprint density at radius 3 is 2.52 bits per heavy atom. The van der Waals surface area contributed by atoms with E-state index in [0.29, 0.717) is 53.1 Å². The van der Waals surface area contributed by atoms with Crippen LogP contribution in [0, 0.1) is 12.8 Å². The molecule has 1 saturated heterocycles. The number of aryl methyl sites for hydroxylation is 1. The van der Waals surface area contributed by atoms with E-state index in [-0.39, 0.29) is 17.7 Å². The van der Waals surface area contributed by atoms with Crippen molar-refractivity contribution < 1.29 is 14.1 Å². The minimum Gasteiger partial charge on any atom is -0.360 e. The minimum atomic E-state index is -0.158. The summed E-state index contributed by atoms with van der Waals surface area (Å²) in [6.07, 6.45) is 1.19. The molecule has 1 fully saturated rings. The molecule has 25 heavy (non-hydrogen) atoms. The number of rotatable bonds is 3. The summed E-state index contributed by atoms with van der Waals surface area (Å²) in [5, 5.41) is 7.26. The molecule has 0 radical (unpaired) electrons. The fourth-order valence-electron chi connectivity index (χ4n) is 2.81. The van der Waals surface area contributed by atoms with Crippen LogP contribution in [-0.2, 0) is 4.79 Å². The molecule has 1 aliphatic rings. The predicted octanol–water partition coefficient (Wildman–Crippen LogP) is 3.78. The second kappa shape index (κ2) is 7.45. The van der Waals surface area contributed by atoms with Gasteiger partial charge in [0.15, 0.2) is 5.82 Å². The number of carbonyl (C=O) groups excluding carboxylic acids is 2. The zero-order valence-corrected chi connectivity index (χ0v) is 15.1. The number of aromatic nitrogens is 1. The van der Waals surface area contributed by atoms with E-state index >= 15 is 0 Å². The number of likely N-dealkylation sites (tertiary alicyclic amines) is 1. The second-order valence-corrected chi connectivity index (χ2v) is 6.82. The molecule has 1 aromatic heterocycles. The number of anilines is 1. The first-order valence-corrected chi connectivity index (χ1v) is 8.68. The molecule has 3 rings (SSSR count). The van der Waals surface area contributed by atoms with E-state index in [1.165, 1.54) is 0 Å². The van der Waals surface area contributed by atoms with Crippen LogP contribution in [0.2, 0.25) is 10.0 Å². The van der Waals surface area contributed by atoms with Crippen molar-refractivity contribution in [2.24, 2.45) is 5.92 Å². The highest BCUT2D eigenvalue weighted by molar-refractivity contribution is 6.42. The number of carbonyl (C=O) groups is 2. The van der Waals surface area contributed by atoms with Crippen LogP contribution in [0.15, 0.2) is 28.8 Å². The van der Waals surface area contributed by atoms with Gasteiger partial charge in [-0.2, -0.15) is 0 Å². The number of hydrogen-bond donors (Lipinski definition) is 1. The van der Waals surface area contributed by atoms with Gasteiger partial charge in [-0.15, -0.1) is 0 Å². The van der Waals surface area contributed by atoms with E-state index in [2.05, 4.69) is 10.5 Å². The lowest BCUT2D eigenvalue weighted by Crippen LogP contribution is -2.41. The van der Waals surface area contributed by atoms with Crippen molar-refractivity contribution in [1.82, 2.24) is 10.1 Å². The predicted molar refractivity (Wildman–Crippen MR) is 95.0 cm³/mol. The van der Waals surface area contributed by atoms with Crippen LogP contribution in [0.1, 0.15) is 29.0 Å². The lowest BCUT2D eigenvalue weighted by atomic mass is 9.95. The lowest BCUT2D eigenvalue weighted by Gasteiger charge is -2.31. The lowest BCUT2D eigenvalue weighted by molar-refractivity contribution is -0.121. The van der Waals surface area contributed by atoms with E-state index in [4.69, 9.17) is 27.7 Å². The van der Waals surface area contributed by atoms with E-state index in [9.17, 15) is 9.59 Å². The summed E-state index contributed by atoms with van der Waals surface area (Å²) >= 11 is 11.9. The maximum atomic E-state index is 12.5. The molecule has 2 amide bonds. The zero-order chi connectivity index (χ0) is 18.0. The molecule has 132 valence electrons. The van der Waals surface area contributed by atoms with Crippen LogP contribution in [0.25, 0.3) is 0 Å². The normalized spacial score (nSPS) is 15.2. The van der Waals surface area contributed by atoms with Gasteiger partial charge in [0.25, 0.3) is 5.91 Å². The largest absolute Gasteiger partial charge is 0.360 e. The van der Waals surface area contributed by atoms with Crippen molar-refractivity contribution >= 4 is 40.8 Å². The van der Waals surface area contributed by atoms with Crippen molar-refractivity contribution in [2.45, 2.75) is 19.8 Å². The van der Waals surface area contributed by atoms with Gasteiger partial charge in [-0.05, 0) is 38.0 Å². The standard InChI is InChI=1S/C17H17Cl2N3O3/c1-10-8-15(21-25-10)20-16(23)11-4-6-22(7-5-11)17(24)12-2-3-13(18)14(19)9-12/h2-3,8-9,11H,4-7H2,1H3,(H,20,21,23). The highest BCUT2D eigenvalue weighted by Gasteiger charge is 2.28. The molecule has 8 heteroatoms. The molecule has 1 N–H and O–H groups in total. The average Bonchev–Trinajstić information content (AvgIpc) is 3.01. The fourth-order valence-corrected chi connectivity index (χ4v) is 3.11. The molecule has 1 aromatic carbocycles. The Labute approximate surface area is 155 Å². The third-order valence-electron chi connectivity index (χ3n) is 4.20. The Bertz CT molecular complexity index is 798. The van der Waals surface area contributed by atoms with Gasteiger partial charge >= 0.3 is 0 Å². The highest BCUT2D eigenvalue weighted by atomic mass is 35.5. The Kier molecular flexibility index (Phi) is 5.30. The molecular weight excluding hydrogens is 365 g/mol. The van der Waals surface area contributed by atoms with Crippen LogP contribution in [0.4, 0.5) is 5.82 Å². The molecule has 0 aliphatic carbocycles. The van der Waals surface area contributed by atoms with Gasteiger partial charge in [-0.25, -0.2) is 0 Å². The van der Waals surface area contributed by atoms with Crippen molar-refractivity contribution in [1.29, 1.82) is 0 Å². The molecule has 0 atom stereocenters. The quantitative estimate of drug-likeness (QED) is 0.877. The summed E-state index contributed by atoms with van der Waals surface area (Å²) in [7, 11) is 0. The monoisotopic (exact) mass is 381 g/mol. The summed E-state index contributed by atoms with van der Waals surface area (Å²) in [4.78, 5) is 26.5. The summed E-state index contributed by atoms with van der Waals surface area (Å²) in [5.74, 6) is 0.684. The number of nitrogens with one attached hydrogen (secondary N) is 1. The first-order valence-electron chi connectivity index (χ1n) is 7.92. The van der Waals surface area contributed by atoms with Gasteiger partial charge in [0, 0.05) is 30.6 Å².